The van der Waals surface area contributed by atoms with E-state index in [1.807, 2.05) is 43.5 Å². The van der Waals surface area contributed by atoms with Crippen LogP contribution in [0.15, 0.2) is 47.4 Å². The lowest BCUT2D eigenvalue weighted by Crippen LogP contribution is -2.35. The third-order valence-corrected chi connectivity index (χ3v) is 4.96. The van der Waals surface area contributed by atoms with Gasteiger partial charge in [-0.2, -0.15) is 0 Å². The van der Waals surface area contributed by atoms with E-state index < -0.39 is 0 Å². The smallest absolute Gasteiger partial charge is 0.254 e. The Balaban J connectivity index is 1.69. The van der Waals surface area contributed by atoms with Gasteiger partial charge in [0.1, 0.15) is 5.52 Å². The van der Waals surface area contributed by atoms with Crippen LogP contribution >= 0.6 is 11.8 Å². The molecule has 1 aromatic heterocycles. The molecule has 0 aliphatic heterocycles. The van der Waals surface area contributed by atoms with E-state index in [0.29, 0.717) is 17.6 Å². The number of aromatic nitrogens is 3. The Morgan fingerprint density at radius 3 is 2.74 bits per heavy atom. The number of amides is 2. The minimum atomic E-state index is -0.245. The van der Waals surface area contributed by atoms with Gasteiger partial charge in [0.2, 0.25) is 5.91 Å². The number of carbonyl (C=O) groups is 2. The van der Waals surface area contributed by atoms with Gasteiger partial charge in [-0.3, -0.25) is 9.59 Å². The number of para-hydroxylation sites is 1. The molecule has 0 atom stereocenters. The zero-order valence-electron chi connectivity index (χ0n) is 15.5. The van der Waals surface area contributed by atoms with E-state index in [0.717, 1.165) is 16.1 Å². The Hall–Kier alpha value is -2.87. The van der Waals surface area contributed by atoms with Crippen molar-refractivity contribution in [2.45, 2.75) is 18.4 Å². The Bertz CT molecular complexity index is 985. The van der Waals surface area contributed by atoms with E-state index in [1.54, 1.807) is 35.6 Å². The van der Waals surface area contributed by atoms with Crippen LogP contribution in [0.3, 0.4) is 0 Å². The quantitative estimate of drug-likeness (QED) is 0.662. The summed E-state index contributed by atoms with van der Waals surface area (Å²) < 4.78 is 1.77. The highest BCUT2D eigenvalue weighted by molar-refractivity contribution is 7.98. The summed E-state index contributed by atoms with van der Waals surface area (Å²) in [4.78, 5) is 27.4. The monoisotopic (exact) mass is 383 g/mol. The van der Waals surface area contributed by atoms with Crippen LogP contribution in [0, 0.1) is 0 Å². The number of thioether (sulfide) groups is 1. The van der Waals surface area contributed by atoms with Crippen molar-refractivity contribution in [2.75, 3.05) is 25.2 Å². The van der Waals surface area contributed by atoms with Gasteiger partial charge in [-0.1, -0.05) is 17.3 Å². The van der Waals surface area contributed by atoms with Crippen LogP contribution < -0.4 is 5.32 Å². The summed E-state index contributed by atoms with van der Waals surface area (Å²) in [5.41, 5.74) is 2.76. The van der Waals surface area contributed by atoms with E-state index in [1.165, 1.54) is 4.90 Å². The molecule has 1 N–H and O–H groups in total. The lowest BCUT2D eigenvalue weighted by molar-refractivity contribution is -0.116. The number of benzene rings is 2. The summed E-state index contributed by atoms with van der Waals surface area (Å²) in [5, 5.41) is 11.0. The zero-order valence-corrected chi connectivity index (χ0v) is 16.3. The minimum Gasteiger partial charge on any atom is -0.332 e. The maximum absolute atomic E-state index is 12.7. The van der Waals surface area contributed by atoms with Gasteiger partial charge in [0.05, 0.1) is 17.7 Å². The summed E-state index contributed by atoms with van der Waals surface area (Å²) in [5.74, 6) is -0.485. The second kappa shape index (κ2) is 8.22. The predicted octanol–water partition coefficient (Wildman–Crippen LogP) is 2.88. The molecule has 0 fully saturated rings. The molecule has 3 aromatic rings. The van der Waals surface area contributed by atoms with Crippen molar-refractivity contribution in [1.82, 2.24) is 19.9 Å². The molecular weight excluding hydrogens is 362 g/mol. The third kappa shape index (κ3) is 4.11. The first-order chi connectivity index (χ1) is 13.0. The zero-order chi connectivity index (χ0) is 19.4. The van der Waals surface area contributed by atoms with Crippen molar-refractivity contribution in [2.24, 2.45) is 0 Å². The first kappa shape index (κ1) is 18.9. The molecule has 140 valence electrons. The molecule has 8 heteroatoms. The van der Waals surface area contributed by atoms with E-state index >= 15 is 0 Å². The lowest BCUT2D eigenvalue weighted by Gasteiger charge is -2.17. The van der Waals surface area contributed by atoms with E-state index in [2.05, 4.69) is 15.6 Å². The fourth-order valence-electron chi connectivity index (χ4n) is 2.78. The van der Waals surface area contributed by atoms with Gasteiger partial charge in [-0.15, -0.1) is 16.9 Å². The van der Waals surface area contributed by atoms with Gasteiger partial charge in [0, 0.05) is 24.1 Å². The van der Waals surface area contributed by atoms with Gasteiger partial charge in [-0.25, -0.2) is 4.68 Å². The number of hydrogen-bond acceptors (Lipinski definition) is 5. The van der Waals surface area contributed by atoms with Crippen LogP contribution in [-0.4, -0.2) is 51.6 Å². The second-order valence-corrected chi connectivity index (χ2v) is 6.87. The first-order valence-electron chi connectivity index (χ1n) is 8.55. The van der Waals surface area contributed by atoms with Crippen LogP contribution in [0.4, 0.5) is 5.69 Å². The molecule has 0 aliphatic carbocycles. The van der Waals surface area contributed by atoms with Gasteiger partial charge < -0.3 is 10.2 Å². The van der Waals surface area contributed by atoms with E-state index in [9.17, 15) is 9.59 Å². The number of hydrogen-bond donors (Lipinski definition) is 1. The molecule has 3 rings (SSSR count). The predicted molar refractivity (Wildman–Crippen MR) is 107 cm³/mol. The molecule has 27 heavy (non-hydrogen) atoms. The number of anilines is 1. The van der Waals surface area contributed by atoms with Crippen molar-refractivity contribution in [3.63, 3.8) is 0 Å². The van der Waals surface area contributed by atoms with Crippen molar-refractivity contribution >= 4 is 40.3 Å². The Kier molecular flexibility index (Phi) is 5.75. The third-order valence-electron chi connectivity index (χ3n) is 4.17. The number of aryl methyl sites for hydroxylation is 1. The molecule has 0 saturated carbocycles. The summed E-state index contributed by atoms with van der Waals surface area (Å²) >= 11 is 1.55. The summed E-state index contributed by atoms with van der Waals surface area (Å²) in [6, 6.07) is 12.8. The molecule has 2 aromatic carbocycles. The molecule has 0 radical (unpaired) electrons. The van der Waals surface area contributed by atoms with Crippen molar-refractivity contribution in [3.8, 4) is 0 Å². The number of carbonyl (C=O) groups excluding carboxylic acids is 2. The van der Waals surface area contributed by atoms with Crippen LogP contribution in [0.1, 0.15) is 17.3 Å². The number of rotatable bonds is 6. The van der Waals surface area contributed by atoms with Crippen LogP contribution in [0.25, 0.3) is 11.0 Å². The molecule has 7 nitrogen and oxygen atoms in total. The summed E-state index contributed by atoms with van der Waals surface area (Å²) in [6.07, 6.45) is 1.95. The summed E-state index contributed by atoms with van der Waals surface area (Å²) in [7, 11) is 1.61. The number of fused-ring (bicyclic) bond motifs is 1. The molecule has 0 aliphatic rings. The normalized spacial score (nSPS) is 10.8. The summed E-state index contributed by atoms with van der Waals surface area (Å²) in [6.45, 7) is 2.65. The number of nitrogens with one attached hydrogen (secondary N) is 1. The van der Waals surface area contributed by atoms with Crippen LogP contribution in [0.5, 0.6) is 0 Å². The standard InChI is InChI=1S/C19H21N5O2S/c1-4-24-16-10-9-13(11-15(16)21-22-24)19(26)23(2)12-18(25)20-14-7-5-6-8-17(14)27-3/h5-11H,4,12H2,1-3H3,(H,20,25). The first-order valence-corrected chi connectivity index (χ1v) is 9.77. The van der Waals surface area contributed by atoms with Gasteiger partial charge in [0.25, 0.3) is 5.91 Å². The topological polar surface area (TPSA) is 80.1 Å². The average molecular weight is 383 g/mol. The highest BCUT2D eigenvalue weighted by atomic mass is 32.2. The van der Waals surface area contributed by atoms with Crippen molar-refractivity contribution in [3.05, 3.63) is 48.0 Å². The van der Waals surface area contributed by atoms with E-state index in [-0.39, 0.29) is 18.4 Å². The average Bonchev–Trinajstić information content (AvgIpc) is 3.09. The number of nitrogens with zero attached hydrogens (tertiary/aromatic N) is 4. The minimum absolute atomic E-state index is 0.0404. The molecule has 1 heterocycles. The molecule has 0 unspecified atom stereocenters. The molecular formula is C19H21N5O2S. The van der Waals surface area contributed by atoms with Crippen LogP contribution in [-0.2, 0) is 11.3 Å². The van der Waals surface area contributed by atoms with Crippen molar-refractivity contribution in [1.29, 1.82) is 0 Å². The van der Waals surface area contributed by atoms with E-state index in [4.69, 9.17) is 0 Å². The molecule has 0 bridgehead atoms. The highest BCUT2D eigenvalue weighted by Gasteiger charge is 2.17. The fraction of sp³-hybridized carbons (Fsp3) is 0.263. The van der Waals surface area contributed by atoms with Crippen LogP contribution in [0.2, 0.25) is 0 Å². The molecule has 0 saturated heterocycles. The Labute approximate surface area is 161 Å². The maximum atomic E-state index is 12.7. The molecule has 2 amide bonds. The Morgan fingerprint density at radius 1 is 1.22 bits per heavy atom. The maximum Gasteiger partial charge on any atom is 0.254 e. The van der Waals surface area contributed by atoms with Crippen molar-refractivity contribution < 1.29 is 9.59 Å². The lowest BCUT2D eigenvalue weighted by atomic mass is 10.1. The van der Waals surface area contributed by atoms with Gasteiger partial charge in [0.15, 0.2) is 0 Å². The molecule has 0 spiro atoms. The largest absolute Gasteiger partial charge is 0.332 e. The van der Waals surface area contributed by atoms with Gasteiger partial charge in [-0.05, 0) is 43.5 Å². The number of likely N-dealkylation sites (N-methyl/N-ethyl adjacent to an activating group) is 1. The SMILES string of the molecule is CCn1nnc2cc(C(=O)N(C)CC(=O)Nc3ccccc3SC)ccc21. The van der Waals surface area contributed by atoms with Gasteiger partial charge >= 0.3 is 0 Å². The fourth-order valence-corrected chi connectivity index (χ4v) is 3.34. The highest BCUT2D eigenvalue weighted by Crippen LogP contribution is 2.24. The second-order valence-electron chi connectivity index (χ2n) is 6.02. The Morgan fingerprint density at radius 2 is 2.00 bits per heavy atom.